The van der Waals surface area contributed by atoms with Crippen LogP contribution < -0.4 is 20.5 Å². The van der Waals surface area contributed by atoms with E-state index in [1.807, 2.05) is 10.6 Å². The monoisotopic (exact) mass is 502 g/mol. The molecule has 4 aromatic carbocycles. The molecule has 0 atom stereocenters. The van der Waals surface area contributed by atoms with Crippen LogP contribution in [0.2, 0.25) is 5.04 Å². The van der Waals surface area contributed by atoms with Gasteiger partial charge in [-0.3, -0.25) is 0 Å². The lowest BCUT2D eigenvalue weighted by Gasteiger charge is -2.43. The van der Waals surface area contributed by atoms with Crippen LogP contribution in [0.3, 0.4) is 0 Å². The number of imidazole rings is 1. The Morgan fingerprint density at radius 1 is 0.865 bits per heavy atom. The molecule has 0 spiro atoms. The van der Waals surface area contributed by atoms with E-state index in [2.05, 4.69) is 117 Å². The zero-order valence-corrected chi connectivity index (χ0v) is 22.3. The molecular weight excluding hydrogens is 472 g/mol. The second-order valence-corrected chi connectivity index (χ2v) is 14.5. The standard InChI is InChI=1S/C31H30N4OSi/c1-31(2,3)37(26-10-6-4-7-11-26,27-12-8-5-9-13-27)36-25-17-14-23(15-18-25)22-35-29-19-16-24(21-32)20-28(29)34-30(35)33/h4-20H,22H2,1-3H3,(H2,33,34). The maximum Gasteiger partial charge on any atom is 0.319 e. The van der Waals surface area contributed by atoms with Crippen LogP contribution in [0, 0.1) is 11.3 Å². The smallest absolute Gasteiger partial charge is 0.319 e. The van der Waals surface area contributed by atoms with Gasteiger partial charge in [0.2, 0.25) is 5.95 Å². The van der Waals surface area contributed by atoms with E-state index in [4.69, 9.17) is 10.2 Å². The number of nitrogens with two attached hydrogens (primary N) is 1. The number of anilines is 1. The lowest BCUT2D eigenvalue weighted by atomic mass is 10.2. The van der Waals surface area contributed by atoms with Crippen molar-refractivity contribution in [1.29, 1.82) is 5.26 Å². The van der Waals surface area contributed by atoms with Gasteiger partial charge in [0, 0.05) is 0 Å². The number of nitrogens with zero attached hydrogens (tertiary/aromatic N) is 3. The Morgan fingerprint density at radius 3 is 2.00 bits per heavy atom. The summed E-state index contributed by atoms with van der Waals surface area (Å²) in [4.78, 5) is 4.45. The molecule has 0 aliphatic heterocycles. The molecule has 2 N–H and O–H groups in total. The van der Waals surface area contributed by atoms with E-state index in [-0.39, 0.29) is 5.04 Å². The summed E-state index contributed by atoms with van der Waals surface area (Å²) in [5.41, 5.74) is 9.52. The van der Waals surface area contributed by atoms with E-state index in [0.29, 0.717) is 18.1 Å². The van der Waals surface area contributed by atoms with Crippen molar-refractivity contribution in [1.82, 2.24) is 9.55 Å². The third kappa shape index (κ3) is 4.50. The third-order valence-electron chi connectivity index (χ3n) is 6.86. The highest BCUT2D eigenvalue weighted by Crippen LogP contribution is 2.37. The summed E-state index contributed by atoms with van der Waals surface area (Å²) in [6, 6.07) is 37.2. The Balaban J connectivity index is 1.50. The third-order valence-corrected chi connectivity index (χ3v) is 11.8. The van der Waals surface area contributed by atoms with Crippen molar-refractivity contribution >= 4 is 35.7 Å². The lowest BCUT2D eigenvalue weighted by molar-refractivity contribution is 0.508. The van der Waals surface area contributed by atoms with Gasteiger partial charge in [-0.15, -0.1) is 0 Å². The van der Waals surface area contributed by atoms with Crippen LogP contribution in [0.25, 0.3) is 11.0 Å². The Morgan fingerprint density at radius 2 is 1.46 bits per heavy atom. The van der Waals surface area contributed by atoms with Crippen molar-refractivity contribution < 1.29 is 4.43 Å². The predicted octanol–water partition coefficient (Wildman–Crippen LogP) is 5.48. The minimum atomic E-state index is -2.69. The van der Waals surface area contributed by atoms with E-state index in [1.165, 1.54) is 10.4 Å². The van der Waals surface area contributed by atoms with E-state index in [9.17, 15) is 5.26 Å². The zero-order valence-electron chi connectivity index (χ0n) is 21.3. The molecule has 37 heavy (non-hydrogen) atoms. The summed E-state index contributed by atoms with van der Waals surface area (Å²) >= 11 is 0. The molecule has 0 bridgehead atoms. The molecule has 0 aliphatic carbocycles. The van der Waals surface area contributed by atoms with Gasteiger partial charge >= 0.3 is 8.32 Å². The summed E-state index contributed by atoms with van der Waals surface area (Å²) in [7, 11) is -2.69. The largest absolute Gasteiger partial charge is 0.534 e. The minimum absolute atomic E-state index is 0.110. The molecule has 1 aromatic heterocycles. The van der Waals surface area contributed by atoms with Gasteiger partial charge in [0.1, 0.15) is 5.75 Å². The van der Waals surface area contributed by atoms with Crippen molar-refractivity contribution in [2.24, 2.45) is 0 Å². The highest BCUT2D eigenvalue weighted by molar-refractivity contribution is 7.00. The number of hydrogen-bond donors (Lipinski definition) is 1. The summed E-state index contributed by atoms with van der Waals surface area (Å²) in [5, 5.41) is 11.6. The normalized spacial score (nSPS) is 11.8. The number of nitrogen functional groups attached to an aromatic ring is 1. The van der Waals surface area contributed by atoms with Crippen molar-refractivity contribution in [3.63, 3.8) is 0 Å². The molecule has 6 heteroatoms. The number of hydrogen-bond acceptors (Lipinski definition) is 4. The van der Waals surface area contributed by atoms with E-state index in [1.54, 1.807) is 12.1 Å². The summed E-state index contributed by atoms with van der Waals surface area (Å²) in [6.07, 6.45) is 0. The van der Waals surface area contributed by atoms with E-state index >= 15 is 0 Å². The van der Waals surface area contributed by atoms with Crippen LogP contribution in [0.5, 0.6) is 5.75 Å². The highest BCUT2D eigenvalue weighted by Gasteiger charge is 2.52. The van der Waals surface area contributed by atoms with Crippen molar-refractivity contribution in [3.05, 3.63) is 114 Å². The molecule has 0 amide bonds. The molecule has 0 radical (unpaired) electrons. The summed E-state index contributed by atoms with van der Waals surface area (Å²) in [6.45, 7) is 7.41. The first-order valence-corrected chi connectivity index (χ1v) is 14.3. The van der Waals surface area contributed by atoms with Crippen LogP contribution in [0.15, 0.2) is 103 Å². The minimum Gasteiger partial charge on any atom is -0.534 e. The van der Waals surface area contributed by atoms with Gasteiger partial charge in [0.05, 0.1) is 29.2 Å². The van der Waals surface area contributed by atoms with Gasteiger partial charge in [-0.2, -0.15) is 5.26 Å². The predicted molar refractivity (Wildman–Crippen MR) is 153 cm³/mol. The number of nitriles is 1. The van der Waals surface area contributed by atoms with Crippen LogP contribution in [-0.4, -0.2) is 17.9 Å². The fourth-order valence-electron chi connectivity index (χ4n) is 5.06. The molecule has 0 fully saturated rings. The Kier molecular flexibility index (Phi) is 6.32. The first kappa shape index (κ1) is 24.4. The maximum absolute atomic E-state index is 9.19. The molecule has 0 saturated heterocycles. The first-order chi connectivity index (χ1) is 17.8. The van der Waals surface area contributed by atoms with Crippen LogP contribution in [0.1, 0.15) is 31.9 Å². The molecular formula is C31H30N4OSi. The second kappa shape index (κ2) is 9.60. The molecule has 0 unspecified atom stereocenters. The zero-order chi connectivity index (χ0) is 26.0. The first-order valence-electron chi connectivity index (χ1n) is 12.4. The Bertz CT molecular complexity index is 1520. The maximum atomic E-state index is 9.19. The molecule has 5 nitrogen and oxygen atoms in total. The van der Waals surface area contributed by atoms with Gasteiger partial charge in [0.15, 0.2) is 0 Å². The molecule has 5 rings (SSSR count). The Labute approximate surface area is 218 Å². The quantitative estimate of drug-likeness (QED) is 0.312. The van der Waals surface area contributed by atoms with Gasteiger partial charge < -0.3 is 14.7 Å². The topological polar surface area (TPSA) is 76.9 Å². The fourth-order valence-corrected chi connectivity index (χ4v) is 9.48. The fraction of sp³-hybridized carbons (Fsp3) is 0.161. The number of benzene rings is 4. The molecule has 5 aromatic rings. The molecule has 0 saturated carbocycles. The van der Waals surface area contributed by atoms with Crippen LogP contribution in [0.4, 0.5) is 5.95 Å². The highest BCUT2D eigenvalue weighted by atomic mass is 28.4. The van der Waals surface area contributed by atoms with Crippen LogP contribution >= 0.6 is 0 Å². The molecule has 184 valence electrons. The Hall–Kier alpha value is -4.34. The average molecular weight is 503 g/mol. The number of aromatic nitrogens is 2. The second-order valence-electron chi connectivity index (χ2n) is 10.3. The van der Waals surface area contributed by atoms with E-state index < -0.39 is 8.32 Å². The number of rotatable bonds is 6. The van der Waals surface area contributed by atoms with Gasteiger partial charge in [-0.1, -0.05) is 93.6 Å². The number of fused-ring (bicyclic) bond motifs is 1. The average Bonchev–Trinajstić information content (AvgIpc) is 3.22. The molecule has 0 aliphatic rings. The lowest BCUT2D eigenvalue weighted by Crippen LogP contribution is -2.68. The SMILES string of the molecule is CC(C)(C)[Si](Oc1ccc(Cn2c(N)nc3cc(C#N)ccc32)cc1)(c1ccccc1)c1ccccc1. The van der Waals surface area contributed by atoms with Crippen molar-refractivity contribution in [2.75, 3.05) is 5.73 Å². The van der Waals surface area contributed by atoms with Crippen LogP contribution in [-0.2, 0) is 6.54 Å². The van der Waals surface area contributed by atoms with E-state index in [0.717, 1.165) is 22.3 Å². The van der Waals surface area contributed by atoms with Gasteiger partial charge in [-0.05, 0) is 51.3 Å². The summed E-state index contributed by atoms with van der Waals surface area (Å²) < 4.78 is 9.08. The molecule has 1 heterocycles. The summed E-state index contributed by atoms with van der Waals surface area (Å²) in [5.74, 6) is 1.28. The van der Waals surface area contributed by atoms with Crippen molar-refractivity contribution in [2.45, 2.75) is 32.4 Å². The van der Waals surface area contributed by atoms with Gasteiger partial charge in [-0.25, -0.2) is 4.98 Å². The van der Waals surface area contributed by atoms with Crippen molar-refractivity contribution in [3.8, 4) is 11.8 Å². The van der Waals surface area contributed by atoms with Gasteiger partial charge in [0.25, 0.3) is 0 Å².